The maximum absolute atomic E-state index is 13.6. The van der Waals surface area contributed by atoms with Gasteiger partial charge in [0, 0.05) is 18.0 Å². The van der Waals surface area contributed by atoms with Crippen LogP contribution in [0.4, 0.5) is 13.2 Å². The van der Waals surface area contributed by atoms with E-state index in [0.29, 0.717) is 16.9 Å². The minimum Gasteiger partial charge on any atom is -0.492 e. The highest BCUT2D eigenvalue weighted by Crippen LogP contribution is 2.42. The largest absolute Gasteiger partial charge is 0.492 e. The van der Waals surface area contributed by atoms with E-state index in [9.17, 15) is 13.2 Å². The number of nitrogens with zero attached hydrogens (tertiary/aromatic N) is 4. The lowest BCUT2D eigenvalue weighted by Crippen LogP contribution is -2.45. The quantitative estimate of drug-likeness (QED) is 0.593. The van der Waals surface area contributed by atoms with Gasteiger partial charge in [-0.3, -0.25) is 0 Å². The molecule has 2 atom stereocenters. The molecular weight excluding hydrogens is 447 g/mol. The summed E-state index contributed by atoms with van der Waals surface area (Å²) in [5.74, 6) is -0.704. The first-order chi connectivity index (χ1) is 16.4. The molecule has 10 heteroatoms. The summed E-state index contributed by atoms with van der Waals surface area (Å²) in [6.07, 6.45) is -1.67. The molecule has 0 bridgehead atoms. The molecular formula is C24H26F3N5O2. The van der Waals surface area contributed by atoms with E-state index in [4.69, 9.17) is 9.47 Å². The van der Waals surface area contributed by atoms with Gasteiger partial charge in [0.05, 0.1) is 18.8 Å². The highest BCUT2D eigenvalue weighted by Gasteiger charge is 2.42. The minimum absolute atomic E-state index is 0.132. The molecule has 2 aromatic carbocycles. The lowest BCUT2D eigenvalue weighted by molar-refractivity contribution is -0.146. The number of aromatic nitrogens is 4. The second-order valence-electron chi connectivity index (χ2n) is 8.80. The molecule has 1 spiro atoms. The third-order valence-corrected chi connectivity index (χ3v) is 6.54. The number of ether oxygens (including phenoxy) is 2. The molecule has 1 aromatic heterocycles. The standard InChI is InChI=1S/C24H26F3N5O2/c1-2-33-20-9-4-8-19(21(20)32-22(24(25,26)27)29-30-31-32)17-7-3-6-16(12-17)18-13-23(34-14-18)10-5-11-28-15-23/h3-4,6-9,12,18,28H,2,5,10-11,13-15H2,1H3/t18-,23-/m1/s1. The maximum Gasteiger partial charge on any atom is 0.453 e. The fraction of sp³-hybridized carbons (Fsp3) is 0.458. The zero-order chi connectivity index (χ0) is 23.8. The summed E-state index contributed by atoms with van der Waals surface area (Å²) in [7, 11) is 0. The topological polar surface area (TPSA) is 74.1 Å². The van der Waals surface area contributed by atoms with Crippen LogP contribution >= 0.6 is 0 Å². The molecule has 180 valence electrons. The molecule has 0 unspecified atom stereocenters. The van der Waals surface area contributed by atoms with Gasteiger partial charge < -0.3 is 14.8 Å². The number of rotatable bonds is 5. The predicted octanol–water partition coefficient (Wildman–Crippen LogP) is 4.37. The number of hydrogen-bond donors (Lipinski definition) is 1. The van der Waals surface area contributed by atoms with E-state index in [1.54, 1.807) is 25.1 Å². The Morgan fingerprint density at radius 2 is 2.09 bits per heavy atom. The Hall–Kier alpha value is -2.98. The lowest BCUT2D eigenvalue weighted by Gasteiger charge is -2.33. The smallest absolute Gasteiger partial charge is 0.453 e. The SMILES string of the molecule is CCOc1cccc(-c2cccc([C@H]3CO[C@]4(CCCNC4)C3)c2)c1-n1nnnc1C(F)(F)F. The summed E-state index contributed by atoms with van der Waals surface area (Å²) in [6, 6.07) is 13.0. The zero-order valence-electron chi connectivity index (χ0n) is 18.8. The number of piperidine rings is 1. The molecule has 3 aromatic rings. The van der Waals surface area contributed by atoms with E-state index in [2.05, 4.69) is 26.9 Å². The van der Waals surface area contributed by atoms with E-state index >= 15 is 0 Å². The van der Waals surface area contributed by atoms with Crippen molar-refractivity contribution in [1.82, 2.24) is 25.5 Å². The molecule has 3 heterocycles. The average Bonchev–Trinajstić information content (AvgIpc) is 3.48. The van der Waals surface area contributed by atoms with Gasteiger partial charge in [0.25, 0.3) is 5.82 Å². The Balaban J connectivity index is 1.55. The van der Waals surface area contributed by atoms with Crippen molar-refractivity contribution >= 4 is 0 Å². The van der Waals surface area contributed by atoms with E-state index in [1.165, 1.54) is 0 Å². The normalized spacial score (nSPS) is 22.9. The van der Waals surface area contributed by atoms with Crippen molar-refractivity contribution in [2.75, 3.05) is 26.3 Å². The Morgan fingerprint density at radius 1 is 1.24 bits per heavy atom. The number of alkyl halides is 3. The van der Waals surface area contributed by atoms with Crippen LogP contribution in [-0.2, 0) is 10.9 Å². The van der Waals surface area contributed by atoms with Gasteiger partial charge in [-0.2, -0.15) is 17.9 Å². The van der Waals surface area contributed by atoms with Crippen molar-refractivity contribution in [3.8, 4) is 22.6 Å². The first kappa shape index (κ1) is 22.8. The number of tetrazole rings is 1. The van der Waals surface area contributed by atoms with E-state index in [0.717, 1.165) is 43.5 Å². The summed E-state index contributed by atoms with van der Waals surface area (Å²) in [5.41, 5.74) is 2.45. The van der Waals surface area contributed by atoms with Crippen molar-refractivity contribution in [2.45, 2.75) is 43.9 Å². The van der Waals surface area contributed by atoms with Crippen molar-refractivity contribution in [3.63, 3.8) is 0 Å². The van der Waals surface area contributed by atoms with Crippen molar-refractivity contribution in [2.24, 2.45) is 0 Å². The lowest BCUT2D eigenvalue weighted by atomic mass is 9.84. The van der Waals surface area contributed by atoms with Gasteiger partial charge >= 0.3 is 6.18 Å². The maximum atomic E-state index is 13.6. The molecule has 2 aliphatic rings. The Labute approximate surface area is 195 Å². The van der Waals surface area contributed by atoms with Gasteiger partial charge in [0.15, 0.2) is 0 Å². The molecule has 0 radical (unpaired) electrons. The first-order valence-electron chi connectivity index (χ1n) is 11.5. The number of para-hydroxylation sites is 1. The molecule has 0 saturated carbocycles. The van der Waals surface area contributed by atoms with Crippen LogP contribution in [0.5, 0.6) is 5.75 Å². The minimum atomic E-state index is -4.72. The van der Waals surface area contributed by atoms with Gasteiger partial charge in [0.2, 0.25) is 0 Å². The summed E-state index contributed by atoms with van der Waals surface area (Å²) in [5, 5.41) is 13.6. The third-order valence-electron chi connectivity index (χ3n) is 6.54. The second-order valence-corrected chi connectivity index (χ2v) is 8.80. The van der Waals surface area contributed by atoms with Crippen LogP contribution in [0.15, 0.2) is 42.5 Å². The van der Waals surface area contributed by atoms with Gasteiger partial charge in [-0.25, -0.2) is 0 Å². The monoisotopic (exact) mass is 473 g/mol. The summed E-state index contributed by atoms with van der Waals surface area (Å²) in [4.78, 5) is 0. The van der Waals surface area contributed by atoms with E-state index in [1.807, 2.05) is 18.2 Å². The van der Waals surface area contributed by atoms with Crippen LogP contribution in [-0.4, -0.2) is 52.1 Å². The Bertz CT molecular complexity index is 1160. The average molecular weight is 473 g/mol. The van der Waals surface area contributed by atoms with Gasteiger partial charge in [-0.05, 0) is 60.4 Å². The van der Waals surface area contributed by atoms with Crippen molar-refractivity contribution < 1.29 is 22.6 Å². The van der Waals surface area contributed by atoms with Crippen LogP contribution in [0.3, 0.4) is 0 Å². The van der Waals surface area contributed by atoms with Crippen LogP contribution < -0.4 is 10.1 Å². The van der Waals surface area contributed by atoms with Gasteiger partial charge in [-0.15, -0.1) is 5.10 Å². The van der Waals surface area contributed by atoms with Crippen LogP contribution in [0.2, 0.25) is 0 Å². The third kappa shape index (κ3) is 4.27. The van der Waals surface area contributed by atoms with E-state index < -0.39 is 12.0 Å². The van der Waals surface area contributed by atoms with Crippen LogP contribution in [0.25, 0.3) is 16.8 Å². The summed E-state index contributed by atoms with van der Waals surface area (Å²) in [6.45, 7) is 4.56. The van der Waals surface area contributed by atoms with Crippen molar-refractivity contribution in [1.29, 1.82) is 0 Å². The van der Waals surface area contributed by atoms with Gasteiger partial charge in [-0.1, -0.05) is 36.4 Å². The highest BCUT2D eigenvalue weighted by atomic mass is 19.4. The number of halogens is 3. The van der Waals surface area contributed by atoms with Crippen LogP contribution in [0.1, 0.15) is 43.5 Å². The fourth-order valence-electron chi connectivity index (χ4n) is 5.02. The summed E-state index contributed by atoms with van der Waals surface area (Å²) < 4.78 is 53.6. The Morgan fingerprint density at radius 3 is 2.85 bits per heavy atom. The molecule has 2 aliphatic heterocycles. The summed E-state index contributed by atoms with van der Waals surface area (Å²) >= 11 is 0. The molecule has 0 amide bonds. The molecule has 7 nitrogen and oxygen atoms in total. The molecule has 2 saturated heterocycles. The number of nitrogens with one attached hydrogen (secondary N) is 1. The van der Waals surface area contributed by atoms with Crippen LogP contribution in [0, 0.1) is 0 Å². The molecule has 5 rings (SSSR count). The van der Waals surface area contributed by atoms with Gasteiger partial charge in [0.1, 0.15) is 11.4 Å². The molecule has 2 fully saturated rings. The first-order valence-corrected chi connectivity index (χ1v) is 11.5. The molecule has 0 aliphatic carbocycles. The molecule has 1 N–H and O–H groups in total. The molecule has 34 heavy (non-hydrogen) atoms. The number of benzene rings is 2. The number of hydrogen-bond acceptors (Lipinski definition) is 6. The van der Waals surface area contributed by atoms with Crippen molar-refractivity contribution in [3.05, 3.63) is 53.9 Å². The van der Waals surface area contributed by atoms with E-state index in [-0.39, 0.29) is 29.6 Å². The second kappa shape index (κ2) is 8.99. The predicted molar refractivity (Wildman–Crippen MR) is 119 cm³/mol. The fourth-order valence-corrected chi connectivity index (χ4v) is 5.02. The zero-order valence-corrected chi connectivity index (χ0v) is 18.8. The highest BCUT2D eigenvalue weighted by molar-refractivity contribution is 5.77. The Kier molecular flexibility index (Phi) is 6.03.